The van der Waals surface area contributed by atoms with Crippen molar-refractivity contribution in [3.05, 3.63) is 48.4 Å². The number of carbonyl (C=O) groups is 1. The minimum atomic E-state index is 0.168. The quantitative estimate of drug-likeness (QED) is 0.801. The Balaban J connectivity index is 1.51. The predicted molar refractivity (Wildman–Crippen MR) is 91.4 cm³/mol. The zero-order chi connectivity index (χ0) is 16.4. The minimum absolute atomic E-state index is 0.168. The van der Waals surface area contributed by atoms with E-state index in [0.29, 0.717) is 6.42 Å². The number of carbonyl (C=O) groups excluding carboxylic acids is 1. The number of nitrogens with zero attached hydrogens (tertiary/aromatic N) is 4. The maximum Gasteiger partial charge on any atom is 0.228 e. The Morgan fingerprint density at radius 3 is 3.04 bits per heavy atom. The van der Waals surface area contributed by atoms with E-state index in [1.165, 1.54) is 6.42 Å². The SMILES string of the molecule is O=C(Cc1[nH]nc2ccccc12)N1CCCC[C@@H]1Cn1cccn1. The molecule has 2 aromatic heterocycles. The van der Waals surface area contributed by atoms with Crippen LogP contribution in [-0.2, 0) is 17.8 Å². The Labute approximate surface area is 140 Å². The van der Waals surface area contributed by atoms with Gasteiger partial charge in [0.25, 0.3) is 0 Å². The second-order valence-electron chi connectivity index (χ2n) is 6.36. The highest BCUT2D eigenvalue weighted by molar-refractivity contribution is 5.87. The number of rotatable bonds is 4. The van der Waals surface area contributed by atoms with Gasteiger partial charge in [-0.2, -0.15) is 10.2 Å². The monoisotopic (exact) mass is 323 g/mol. The normalized spacial score (nSPS) is 18.2. The summed E-state index contributed by atoms with van der Waals surface area (Å²) in [5.41, 5.74) is 1.81. The number of piperidine rings is 1. The Bertz CT molecular complexity index is 823. The highest BCUT2D eigenvalue weighted by Gasteiger charge is 2.27. The molecule has 0 spiro atoms. The van der Waals surface area contributed by atoms with E-state index in [2.05, 4.69) is 15.3 Å². The van der Waals surface area contributed by atoms with E-state index in [0.717, 1.165) is 42.5 Å². The third-order valence-electron chi connectivity index (χ3n) is 4.77. The van der Waals surface area contributed by atoms with Crippen LogP contribution in [0.15, 0.2) is 42.7 Å². The van der Waals surface area contributed by atoms with Gasteiger partial charge in [0.15, 0.2) is 0 Å². The van der Waals surface area contributed by atoms with E-state index in [4.69, 9.17) is 0 Å². The second-order valence-corrected chi connectivity index (χ2v) is 6.36. The summed E-state index contributed by atoms with van der Waals surface area (Å²) in [7, 11) is 0. The average Bonchev–Trinajstić information content (AvgIpc) is 3.26. The second kappa shape index (κ2) is 6.47. The van der Waals surface area contributed by atoms with Gasteiger partial charge < -0.3 is 4.90 Å². The van der Waals surface area contributed by atoms with Gasteiger partial charge in [0.2, 0.25) is 5.91 Å². The smallest absolute Gasteiger partial charge is 0.228 e. The van der Waals surface area contributed by atoms with Gasteiger partial charge in [0, 0.05) is 24.3 Å². The molecule has 1 amide bonds. The van der Waals surface area contributed by atoms with Crippen molar-refractivity contribution in [2.45, 2.75) is 38.3 Å². The van der Waals surface area contributed by atoms with Crippen molar-refractivity contribution in [1.29, 1.82) is 0 Å². The van der Waals surface area contributed by atoms with Gasteiger partial charge in [0.05, 0.1) is 30.2 Å². The standard InChI is InChI=1S/C18H21N5O/c24-18(12-17-15-7-1-2-8-16(15)20-21-17)23-11-4-3-6-14(23)13-22-10-5-9-19-22/h1-2,5,7-10,14H,3-4,6,11-13H2,(H,20,21)/t14-/m1/s1. The van der Waals surface area contributed by atoms with Crippen molar-refractivity contribution < 1.29 is 4.79 Å². The van der Waals surface area contributed by atoms with Crippen molar-refractivity contribution in [3.63, 3.8) is 0 Å². The maximum absolute atomic E-state index is 12.9. The number of aromatic nitrogens is 4. The van der Waals surface area contributed by atoms with E-state index >= 15 is 0 Å². The van der Waals surface area contributed by atoms with Crippen molar-refractivity contribution in [3.8, 4) is 0 Å². The van der Waals surface area contributed by atoms with Crippen molar-refractivity contribution >= 4 is 16.8 Å². The summed E-state index contributed by atoms with van der Waals surface area (Å²) in [6.07, 6.45) is 7.39. The number of hydrogen-bond acceptors (Lipinski definition) is 3. The number of fused-ring (bicyclic) bond motifs is 1. The van der Waals surface area contributed by atoms with Gasteiger partial charge in [-0.25, -0.2) is 0 Å². The van der Waals surface area contributed by atoms with Crippen LogP contribution in [-0.4, -0.2) is 43.4 Å². The minimum Gasteiger partial charge on any atom is -0.338 e. The highest BCUT2D eigenvalue weighted by Crippen LogP contribution is 2.21. The number of benzene rings is 1. The summed E-state index contributed by atoms with van der Waals surface area (Å²) in [6.45, 7) is 1.60. The molecule has 0 bridgehead atoms. The summed E-state index contributed by atoms with van der Waals surface area (Å²) in [5.74, 6) is 0.168. The van der Waals surface area contributed by atoms with Crippen LogP contribution in [0.3, 0.4) is 0 Å². The summed E-state index contributed by atoms with van der Waals surface area (Å²) in [6, 6.07) is 10.1. The van der Waals surface area contributed by atoms with Gasteiger partial charge in [-0.1, -0.05) is 18.2 Å². The number of likely N-dealkylation sites (tertiary alicyclic amines) is 1. The lowest BCUT2D eigenvalue weighted by Gasteiger charge is -2.35. The molecule has 124 valence electrons. The lowest BCUT2D eigenvalue weighted by molar-refractivity contribution is -0.134. The van der Waals surface area contributed by atoms with Crippen LogP contribution in [0.2, 0.25) is 0 Å². The number of nitrogens with one attached hydrogen (secondary N) is 1. The van der Waals surface area contributed by atoms with Crippen molar-refractivity contribution in [2.24, 2.45) is 0 Å². The van der Waals surface area contributed by atoms with E-state index in [-0.39, 0.29) is 11.9 Å². The van der Waals surface area contributed by atoms with Crippen LogP contribution >= 0.6 is 0 Å². The lowest BCUT2D eigenvalue weighted by atomic mass is 10.0. The molecule has 0 aliphatic carbocycles. The van der Waals surface area contributed by atoms with Crippen LogP contribution in [0, 0.1) is 0 Å². The third-order valence-corrected chi connectivity index (χ3v) is 4.77. The Hall–Kier alpha value is -2.63. The molecular formula is C18H21N5O. The van der Waals surface area contributed by atoms with Crippen LogP contribution in [0.1, 0.15) is 25.0 Å². The molecule has 3 aromatic rings. The molecule has 0 saturated carbocycles. The molecule has 4 rings (SSSR count). The summed E-state index contributed by atoms with van der Waals surface area (Å²) in [5, 5.41) is 12.6. The third kappa shape index (κ3) is 2.91. The van der Waals surface area contributed by atoms with Crippen LogP contribution in [0.25, 0.3) is 10.9 Å². The molecule has 1 N–H and O–H groups in total. The molecule has 6 nitrogen and oxygen atoms in total. The molecule has 0 unspecified atom stereocenters. The Morgan fingerprint density at radius 2 is 2.17 bits per heavy atom. The predicted octanol–water partition coefficient (Wildman–Crippen LogP) is 2.38. The van der Waals surface area contributed by atoms with Gasteiger partial charge >= 0.3 is 0 Å². The molecular weight excluding hydrogens is 302 g/mol. The summed E-state index contributed by atoms with van der Waals surface area (Å²) < 4.78 is 1.92. The molecule has 0 radical (unpaired) electrons. The van der Waals surface area contributed by atoms with Gasteiger partial charge in [-0.15, -0.1) is 0 Å². The largest absolute Gasteiger partial charge is 0.338 e. The Kier molecular flexibility index (Phi) is 4.02. The van der Waals surface area contributed by atoms with Crippen LogP contribution in [0.4, 0.5) is 0 Å². The number of aromatic amines is 1. The topological polar surface area (TPSA) is 66.8 Å². The first kappa shape index (κ1) is 14.9. The van der Waals surface area contributed by atoms with Crippen LogP contribution < -0.4 is 0 Å². The maximum atomic E-state index is 12.9. The van der Waals surface area contributed by atoms with E-state index in [9.17, 15) is 4.79 Å². The molecule has 1 aromatic carbocycles. The number of amides is 1. The van der Waals surface area contributed by atoms with Crippen LogP contribution in [0.5, 0.6) is 0 Å². The number of hydrogen-bond donors (Lipinski definition) is 1. The first-order valence-electron chi connectivity index (χ1n) is 8.50. The zero-order valence-corrected chi connectivity index (χ0v) is 13.6. The number of para-hydroxylation sites is 1. The Morgan fingerprint density at radius 1 is 1.25 bits per heavy atom. The van der Waals surface area contributed by atoms with E-state index in [1.54, 1.807) is 6.20 Å². The molecule has 1 fully saturated rings. The lowest BCUT2D eigenvalue weighted by Crippen LogP contribution is -2.46. The molecule has 3 heterocycles. The summed E-state index contributed by atoms with van der Waals surface area (Å²) in [4.78, 5) is 14.9. The summed E-state index contributed by atoms with van der Waals surface area (Å²) >= 11 is 0. The molecule has 1 aliphatic heterocycles. The first-order valence-corrected chi connectivity index (χ1v) is 8.50. The van der Waals surface area contributed by atoms with Gasteiger partial charge in [0.1, 0.15) is 0 Å². The molecule has 1 atom stereocenters. The molecule has 1 saturated heterocycles. The average molecular weight is 323 g/mol. The zero-order valence-electron chi connectivity index (χ0n) is 13.6. The fraction of sp³-hybridized carbons (Fsp3) is 0.389. The van der Waals surface area contributed by atoms with Gasteiger partial charge in [-0.3, -0.25) is 14.6 Å². The van der Waals surface area contributed by atoms with E-state index < -0.39 is 0 Å². The van der Waals surface area contributed by atoms with Crippen molar-refractivity contribution in [2.75, 3.05) is 6.54 Å². The molecule has 24 heavy (non-hydrogen) atoms. The van der Waals surface area contributed by atoms with Gasteiger partial charge in [-0.05, 0) is 31.4 Å². The first-order chi connectivity index (χ1) is 11.8. The molecule has 1 aliphatic rings. The molecule has 6 heteroatoms. The van der Waals surface area contributed by atoms with E-state index in [1.807, 2.05) is 46.1 Å². The van der Waals surface area contributed by atoms with Crippen molar-refractivity contribution in [1.82, 2.24) is 24.9 Å². The number of H-pyrrole nitrogens is 1. The highest BCUT2D eigenvalue weighted by atomic mass is 16.2. The fourth-order valence-electron chi connectivity index (χ4n) is 3.54. The fourth-order valence-corrected chi connectivity index (χ4v) is 3.54.